The third kappa shape index (κ3) is 1.95. The predicted molar refractivity (Wildman–Crippen MR) is 42.6 cm³/mol. The molecular formula is C8H12N2O. The normalized spacial score (nSPS) is 24.4. The second-order valence-electron chi connectivity index (χ2n) is 2.80. The number of carbonyl (C=O) groups excluding carboxylic acids is 1. The third-order valence-electron chi connectivity index (χ3n) is 1.87. The number of likely N-dealkylation sites (tertiary alicyclic amines) is 1. The van der Waals surface area contributed by atoms with Crippen LogP contribution in [0.5, 0.6) is 0 Å². The van der Waals surface area contributed by atoms with Crippen LogP contribution in [0.25, 0.3) is 0 Å². The van der Waals surface area contributed by atoms with Crippen LogP contribution < -0.4 is 5.73 Å². The molecule has 0 aliphatic carbocycles. The molecule has 1 heterocycles. The summed E-state index contributed by atoms with van der Waals surface area (Å²) >= 11 is 0. The van der Waals surface area contributed by atoms with Gasteiger partial charge in [0.25, 0.3) is 5.91 Å². The van der Waals surface area contributed by atoms with Crippen LogP contribution in [0.1, 0.15) is 12.8 Å². The molecule has 0 aromatic rings. The van der Waals surface area contributed by atoms with E-state index in [0.29, 0.717) is 6.54 Å². The van der Waals surface area contributed by atoms with Gasteiger partial charge in [0.15, 0.2) is 0 Å². The van der Waals surface area contributed by atoms with E-state index < -0.39 is 0 Å². The fourth-order valence-electron chi connectivity index (χ4n) is 1.29. The van der Waals surface area contributed by atoms with Crippen molar-refractivity contribution in [3.63, 3.8) is 0 Å². The number of hydrogen-bond acceptors (Lipinski definition) is 2. The minimum Gasteiger partial charge on any atom is -0.330 e. The van der Waals surface area contributed by atoms with Gasteiger partial charge in [0, 0.05) is 19.1 Å². The zero-order valence-corrected chi connectivity index (χ0v) is 6.42. The molecule has 0 aromatic heterocycles. The van der Waals surface area contributed by atoms with Crippen LogP contribution >= 0.6 is 0 Å². The molecule has 1 aliphatic rings. The fourth-order valence-corrected chi connectivity index (χ4v) is 1.29. The van der Waals surface area contributed by atoms with E-state index in [2.05, 4.69) is 5.92 Å². The van der Waals surface area contributed by atoms with E-state index >= 15 is 0 Å². The first-order chi connectivity index (χ1) is 5.24. The van der Waals surface area contributed by atoms with Gasteiger partial charge in [-0.15, -0.1) is 6.42 Å². The van der Waals surface area contributed by atoms with Gasteiger partial charge in [0.05, 0.1) is 0 Å². The van der Waals surface area contributed by atoms with Gasteiger partial charge in [-0.25, -0.2) is 0 Å². The van der Waals surface area contributed by atoms with Gasteiger partial charge in [-0.3, -0.25) is 4.79 Å². The molecule has 1 rings (SSSR count). The Bertz CT molecular complexity index is 195. The zero-order valence-electron chi connectivity index (χ0n) is 6.42. The Morgan fingerprint density at radius 1 is 1.73 bits per heavy atom. The van der Waals surface area contributed by atoms with Gasteiger partial charge in [0.2, 0.25) is 0 Å². The summed E-state index contributed by atoms with van der Waals surface area (Å²) in [5.41, 5.74) is 5.66. The van der Waals surface area contributed by atoms with E-state index in [0.717, 1.165) is 19.4 Å². The highest BCUT2D eigenvalue weighted by Gasteiger charge is 2.19. The van der Waals surface area contributed by atoms with Crippen LogP contribution in [-0.4, -0.2) is 29.9 Å². The first-order valence-electron chi connectivity index (χ1n) is 3.75. The average molecular weight is 152 g/mol. The Morgan fingerprint density at radius 3 is 3.00 bits per heavy atom. The molecule has 1 atom stereocenters. The van der Waals surface area contributed by atoms with Gasteiger partial charge >= 0.3 is 0 Å². The van der Waals surface area contributed by atoms with Crippen LogP contribution in [0.2, 0.25) is 0 Å². The molecule has 1 amide bonds. The van der Waals surface area contributed by atoms with E-state index in [1.165, 1.54) is 0 Å². The van der Waals surface area contributed by atoms with Crippen LogP contribution in [0.3, 0.4) is 0 Å². The van der Waals surface area contributed by atoms with Crippen LogP contribution in [0, 0.1) is 12.3 Å². The number of terminal acetylenes is 1. The second-order valence-corrected chi connectivity index (χ2v) is 2.80. The number of nitrogens with zero attached hydrogens (tertiary/aromatic N) is 1. The minimum atomic E-state index is -0.236. The van der Waals surface area contributed by atoms with Gasteiger partial charge in [-0.2, -0.15) is 0 Å². The maximum atomic E-state index is 10.9. The summed E-state index contributed by atoms with van der Waals surface area (Å²) < 4.78 is 0. The monoisotopic (exact) mass is 152 g/mol. The van der Waals surface area contributed by atoms with Crippen molar-refractivity contribution < 1.29 is 4.79 Å². The first kappa shape index (κ1) is 8.09. The number of piperidine rings is 1. The Morgan fingerprint density at radius 2 is 2.45 bits per heavy atom. The van der Waals surface area contributed by atoms with Crippen molar-refractivity contribution in [2.75, 3.05) is 13.1 Å². The standard InChI is InChI=1S/C8H12N2O/c1-2-8(11)10-5-3-4-7(9)6-10/h1,7H,3-6,9H2/t7-/m1/s1. The maximum absolute atomic E-state index is 10.9. The van der Waals surface area contributed by atoms with E-state index in [-0.39, 0.29) is 11.9 Å². The molecule has 0 spiro atoms. The molecule has 3 heteroatoms. The molecule has 11 heavy (non-hydrogen) atoms. The van der Waals surface area contributed by atoms with Gasteiger partial charge < -0.3 is 10.6 Å². The van der Waals surface area contributed by atoms with Crippen molar-refractivity contribution in [1.82, 2.24) is 4.90 Å². The lowest BCUT2D eigenvalue weighted by Gasteiger charge is -2.28. The predicted octanol–water partition coefficient (Wildman–Crippen LogP) is -0.431. The van der Waals surface area contributed by atoms with E-state index in [4.69, 9.17) is 12.2 Å². The molecule has 1 saturated heterocycles. The summed E-state index contributed by atoms with van der Waals surface area (Å²) in [6, 6.07) is 0.112. The van der Waals surface area contributed by atoms with Gasteiger partial charge in [-0.05, 0) is 18.8 Å². The van der Waals surface area contributed by atoms with Crippen LogP contribution in [-0.2, 0) is 4.79 Å². The average Bonchev–Trinajstić information content (AvgIpc) is 2.03. The second kappa shape index (κ2) is 3.40. The highest BCUT2D eigenvalue weighted by atomic mass is 16.2. The maximum Gasteiger partial charge on any atom is 0.298 e. The molecule has 0 saturated carbocycles. The summed E-state index contributed by atoms with van der Waals surface area (Å²) in [5.74, 6) is 1.85. The summed E-state index contributed by atoms with van der Waals surface area (Å²) in [7, 11) is 0. The molecule has 3 nitrogen and oxygen atoms in total. The topological polar surface area (TPSA) is 46.3 Å². The quantitative estimate of drug-likeness (QED) is 0.479. The summed E-state index contributed by atoms with van der Waals surface area (Å²) in [6.45, 7) is 1.37. The number of rotatable bonds is 0. The lowest BCUT2D eigenvalue weighted by atomic mass is 10.1. The van der Waals surface area contributed by atoms with E-state index in [1.807, 2.05) is 0 Å². The summed E-state index contributed by atoms with van der Waals surface area (Å²) in [5, 5.41) is 0. The largest absolute Gasteiger partial charge is 0.330 e. The van der Waals surface area contributed by atoms with Crippen molar-refractivity contribution in [3.8, 4) is 12.3 Å². The number of carbonyl (C=O) groups is 1. The highest BCUT2D eigenvalue weighted by molar-refractivity contribution is 5.92. The van der Waals surface area contributed by atoms with Gasteiger partial charge in [-0.1, -0.05) is 0 Å². The van der Waals surface area contributed by atoms with Crippen molar-refractivity contribution >= 4 is 5.91 Å². The summed E-state index contributed by atoms with van der Waals surface area (Å²) in [6.07, 6.45) is 6.93. The Hall–Kier alpha value is -1.01. The Balaban J connectivity index is 2.47. The molecular weight excluding hydrogens is 140 g/mol. The number of hydrogen-bond donors (Lipinski definition) is 1. The molecule has 0 unspecified atom stereocenters. The van der Waals surface area contributed by atoms with E-state index in [1.54, 1.807) is 4.90 Å². The van der Waals surface area contributed by atoms with Crippen molar-refractivity contribution in [2.24, 2.45) is 5.73 Å². The molecule has 0 radical (unpaired) electrons. The fraction of sp³-hybridized carbons (Fsp3) is 0.625. The smallest absolute Gasteiger partial charge is 0.298 e. The van der Waals surface area contributed by atoms with Crippen molar-refractivity contribution in [2.45, 2.75) is 18.9 Å². The number of amides is 1. The van der Waals surface area contributed by atoms with Crippen molar-refractivity contribution in [3.05, 3.63) is 0 Å². The zero-order chi connectivity index (χ0) is 8.27. The highest BCUT2D eigenvalue weighted by Crippen LogP contribution is 2.07. The van der Waals surface area contributed by atoms with Crippen LogP contribution in [0.15, 0.2) is 0 Å². The Kier molecular flexibility index (Phi) is 2.50. The molecule has 0 bridgehead atoms. The lowest BCUT2D eigenvalue weighted by Crippen LogP contribution is -2.45. The summed E-state index contributed by atoms with van der Waals surface area (Å²) in [4.78, 5) is 12.6. The SMILES string of the molecule is C#CC(=O)N1CCC[C@@H](N)C1. The number of nitrogens with two attached hydrogens (primary N) is 1. The Labute approximate surface area is 66.5 Å². The van der Waals surface area contributed by atoms with Crippen LogP contribution in [0.4, 0.5) is 0 Å². The van der Waals surface area contributed by atoms with E-state index in [9.17, 15) is 4.79 Å². The molecule has 60 valence electrons. The molecule has 1 aliphatic heterocycles. The van der Waals surface area contributed by atoms with Gasteiger partial charge in [0.1, 0.15) is 0 Å². The molecule has 1 fully saturated rings. The molecule has 2 N–H and O–H groups in total. The minimum absolute atomic E-state index is 0.112. The lowest BCUT2D eigenvalue weighted by molar-refractivity contribution is -0.126. The van der Waals surface area contributed by atoms with Crippen molar-refractivity contribution in [1.29, 1.82) is 0 Å². The molecule has 0 aromatic carbocycles. The first-order valence-corrected chi connectivity index (χ1v) is 3.75. The third-order valence-corrected chi connectivity index (χ3v) is 1.87.